The summed E-state index contributed by atoms with van der Waals surface area (Å²) in [5.74, 6) is 0. The monoisotopic (exact) mass is 64.1 g/mol. The summed E-state index contributed by atoms with van der Waals surface area (Å²) in [7, 11) is -0.250. The molecule has 0 bridgehead atoms. The van der Waals surface area contributed by atoms with Gasteiger partial charge in [-0.15, -0.1) is 12.8 Å². The van der Waals surface area contributed by atoms with Crippen LogP contribution in [-0.4, -0.2) is 0 Å². The van der Waals surface area contributed by atoms with Crippen LogP contribution in [0.1, 0.15) is 18.9 Å². The predicted molar refractivity (Wildman–Crippen MR) is 23.4 cm³/mol. The molecule has 4 heavy (non-hydrogen) atoms. The molecule has 0 N–H and O–H groups in total. The van der Waals surface area contributed by atoms with Crippen LogP contribution in [0.2, 0.25) is 0 Å². The SMILES string of the molecule is C.[3H]C#C.[3H]C[3H]. The van der Waals surface area contributed by atoms with Crippen LogP contribution < -0.4 is 0 Å². The number of hydrogen-bond donors (Lipinski definition) is 0. The standard InChI is InChI=1S/C2H2.2CH4/c1-2;;/h1-2H;2*1H4/i1T;1T2;. The van der Waals surface area contributed by atoms with Crippen LogP contribution in [-0.2, 0) is 0 Å². The Morgan fingerprint density at radius 3 is 2.00 bits per heavy atom. The highest BCUT2D eigenvalue weighted by Crippen LogP contribution is 0.579. The van der Waals surface area contributed by atoms with Crippen molar-refractivity contribution in [1.29, 1.82) is 0 Å². The molecule has 0 rings (SSSR count). The van der Waals surface area contributed by atoms with Gasteiger partial charge in [0.05, 0.1) is 0 Å². The van der Waals surface area contributed by atoms with E-state index in [2.05, 4.69) is 6.42 Å². The van der Waals surface area contributed by atoms with E-state index in [0.717, 1.165) is 0 Å². The van der Waals surface area contributed by atoms with Crippen molar-refractivity contribution < 1.29 is 4.11 Å². The Labute approximate surface area is 33.1 Å². The van der Waals surface area contributed by atoms with Crippen molar-refractivity contribution >= 4 is 0 Å². The molecule has 0 heteroatoms. The van der Waals surface area contributed by atoms with Crippen LogP contribution in [0, 0.1) is 12.8 Å². The molecule has 0 nitrogen and oxygen atoms in total. The fourth-order valence-corrected chi connectivity index (χ4v) is 0. The first-order valence-corrected chi connectivity index (χ1v) is 0.289. The maximum atomic E-state index is 5.88. The van der Waals surface area contributed by atoms with Gasteiger partial charge in [-0.25, -0.2) is 0 Å². The van der Waals surface area contributed by atoms with Crippen molar-refractivity contribution in [2.24, 2.45) is 0 Å². The maximum Gasteiger partial charge on any atom is 0.124 e. The fourth-order valence-electron chi connectivity index (χ4n) is 0. The van der Waals surface area contributed by atoms with E-state index >= 15 is 0 Å². The van der Waals surface area contributed by atoms with Crippen LogP contribution in [0.4, 0.5) is 0 Å². The maximum absolute atomic E-state index is 5.88. The van der Waals surface area contributed by atoms with E-state index in [1.807, 2.05) is 0 Å². The summed E-state index contributed by atoms with van der Waals surface area (Å²) in [5, 5.41) is 0. The second kappa shape index (κ2) is 32.2. The normalized spacial score (nSPS) is 7.25. The van der Waals surface area contributed by atoms with Gasteiger partial charge in [-0.05, 0) is 0 Å². The molecule has 0 radical (unpaired) electrons. The zero-order chi connectivity index (χ0) is 5.41. The third-order valence-electron chi connectivity index (χ3n) is 0. The van der Waals surface area contributed by atoms with Gasteiger partial charge in [-0.2, -0.15) is 0 Å². The van der Waals surface area contributed by atoms with E-state index in [1.165, 1.54) is 6.40 Å². The van der Waals surface area contributed by atoms with Crippen LogP contribution in [0.5, 0.6) is 0 Å². The minimum Gasteiger partial charge on any atom is -0.124 e. The molecule has 0 aromatic heterocycles. The molecule has 0 unspecified atom stereocenters. The Morgan fingerprint density at radius 2 is 2.00 bits per heavy atom. The molecule has 0 aliphatic rings. The Morgan fingerprint density at radius 1 is 2.00 bits per heavy atom. The summed E-state index contributed by atoms with van der Waals surface area (Å²) < 4.78 is 17.5. The predicted octanol–water partition coefficient (Wildman–Crippen LogP) is 1.52. The molecule has 0 saturated heterocycles. The minimum absolute atomic E-state index is 0. The number of rotatable bonds is 0. The quantitative estimate of drug-likeness (QED) is 0.375. The molecule has 0 amide bonds. The molecule has 0 aliphatic heterocycles. The van der Waals surface area contributed by atoms with Crippen LogP contribution in [0.15, 0.2) is 0 Å². The Balaban J connectivity index is -0.0000000400. The minimum atomic E-state index is -0.250. The van der Waals surface area contributed by atoms with Crippen molar-refractivity contribution in [3.63, 3.8) is 0 Å². The lowest BCUT2D eigenvalue weighted by atomic mass is 11.4. The lowest BCUT2D eigenvalue weighted by molar-refractivity contribution is 2.50. The molecule has 0 aromatic carbocycles. The van der Waals surface area contributed by atoms with Crippen molar-refractivity contribution in [2.75, 3.05) is 0 Å². The zero-order valence-electron chi connectivity index (χ0n) is 4.78. The number of hydrogen-bond acceptors (Lipinski definition) is 0. The summed E-state index contributed by atoms with van der Waals surface area (Å²) in [6.45, 7) is 0. The van der Waals surface area contributed by atoms with Crippen LogP contribution in [0.25, 0.3) is 0 Å². The van der Waals surface area contributed by atoms with E-state index in [4.69, 9.17) is 4.11 Å². The van der Waals surface area contributed by atoms with Gasteiger partial charge in [-0.3, -0.25) is 0 Å². The highest BCUT2D eigenvalue weighted by molar-refractivity contribution is 4.47. The molecule has 0 heterocycles. The average molecular weight is 64.1 g/mol. The van der Waals surface area contributed by atoms with Gasteiger partial charge in [0.25, 0.3) is 0 Å². The summed E-state index contributed by atoms with van der Waals surface area (Å²) >= 11 is 0. The molecular formula is C4H10. The molecule has 0 fully saturated rings. The molecule has 26 valence electrons. The Kier molecular flexibility index (Phi) is 14.8. The van der Waals surface area contributed by atoms with Crippen molar-refractivity contribution in [1.82, 2.24) is 0 Å². The topological polar surface area (TPSA) is 0 Å². The highest BCUT2D eigenvalue weighted by Gasteiger charge is 0.454. The van der Waals surface area contributed by atoms with E-state index in [-0.39, 0.29) is 14.8 Å². The summed E-state index contributed by atoms with van der Waals surface area (Å²) in [6.07, 6.45) is 5.76. The van der Waals surface area contributed by atoms with Gasteiger partial charge in [0, 0.05) is 2.74 Å². The first-order chi connectivity index (χ1) is 2.83. The van der Waals surface area contributed by atoms with Crippen molar-refractivity contribution in [3.05, 3.63) is 0 Å². The molecule has 0 atom stereocenters. The van der Waals surface area contributed by atoms with Crippen LogP contribution in [0.3, 0.4) is 0 Å². The van der Waals surface area contributed by atoms with Gasteiger partial charge in [-0.1, -0.05) is 14.8 Å². The molecular weight excluding hydrogens is 48.0 g/mol. The van der Waals surface area contributed by atoms with Gasteiger partial charge in [0.15, 0.2) is 0 Å². The Hall–Kier alpha value is -0.440. The summed E-state index contributed by atoms with van der Waals surface area (Å²) in [6, 6.07) is 0. The number of terminal acetylenes is 1. The van der Waals surface area contributed by atoms with Gasteiger partial charge >= 0.3 is 0 Å². The molecule has 0 aliphatic carbocycles. The zero-order valence-corrected chi connectivity index (χ0v) is 1.78. The van der Waals surface area contributed by atoms with Gasteiger partial charge < -0.3 is 0 Å². The summed E-state index contributed by atoms with van der Waals surface area (Å²) in [4.78, 5) is 0. The van der Waals surface area contributed by atoms with Crippen molar-refractivity contribution in [2.45, 2.75) is 14.8 Å². The van der Waals surface area contributed by atoms with Gasteiger partial charge in [0.2, 0.25) is 0 Å². The van der Waals surface area contributed by atoms with E-state index in [0.29, 0.717) is 0 Å². The third kappa shape index (κ3) is 2.53. The second-order valence-corrected chi connectivity index (χ2v) is 0. The lowest BCUT2D eigenvalue weighted by Crippen LogP contribution is -0.576. The lowest BCUT2D eigenvalue weighted by Gasteiger charge is -0.701. The molecule has 0 spiro atoms. The second-order valence-electron chi connectivity index (χ2n) is 0. The van der Waals surface area contributed by atoms with Crippen molar-refractivity contribution in [3.8, 4) is 12.8 Å². The average Bonchev–Trinajstić information content (AvgIpc) is 1.39. The van der Waals surface area contributed by atoms with Crippen LogP contribution >= 0.6 is 0 Å². The highest BCUT2D eigenvalue weighted by atomic mass is 12.6. The first kappa shape index (κ1) is 1.84. The Bertz CT molecular complexity index is 36.7. The first-order valence-electron chi connectivity index (χ1n) is 2.20. The fraction of sp³-hybridized carbons (Fsp3) is 0.500. The third-order valence-corrected chi connectivity index (χ3v) is 0. The molecule has 0 aromatic rings. The van der Waals surface area contributed by atoms with E-state index < -0.39 is 0 Å². The smallest absolute Gasteiger partial charge is 0.124 e. The van der Waals surface area contributed by atoms with E-state index in [1.54, 1.807) is 0 Å². The molecule has 0 saturated carbocycles. The summed E-state index contributed by atoms with van der Waals surface area (Å²) in [5.41, 5.74) is 0. The van der Waals surface area contributed by atoms with Gasteiger partial charge in [0.1, 0.15) is 1.37 Å². The largest absolute Gasteiger partial charge is 0.124 e. The van der Waals surface area contributed by atoms with E-state index in [9.17, 15) is 0 Å².